The smallest absolute Gasteiger partial charge is 0.173 e. The van der Waals surface area contributed by atoms with E-state index in [2.05, 4.69) is 34.1 Å². The van der Waals surface area contributed by atoms with E-state index in [1.807, 2.05) is 36.4 Å². The molecule has 0 radical (unpaired) electrons. The first-order valence-electron chi connectivity index (χ1n) is 7.23. The molecule has 0 bridgehead atoms. The first-order valence-corrected chi connectivity index (χ1v) is 8.35. The lowest BCUT2D eigenvalue weighted by Crippen LogP contribution is -1.97. The van der Waals surface area contributed by atoms with E-state index < -0.39 is 0 Å². The van der Waals surface area contributed by atoms with Crippen molar-refractivity contribution < 1.29 is 14.2 Å². The van der Waals surface area contributed by atoms with Gasteiger partial charge in [-0.3, -0.25) is 0 Å². The number of benzene rings is 3. The van der Waals surface area contributed by atoms with E-state index in [0.29, 0.717) is 16.8 Å². The third kappa shape index (κ3) is 3.13. The molecule has 0 aromatic heterocycles. The van der Waals surface area contributed by atoms with E-state index in [1.54, 1.807) is 14.2 Å². The van der Waals surface area contributed by atoms with Gasteiger partial charge in [-0.15, -0.1) is 0 Å². The average Bonchev–Trinajstić information content (AvgIpc) is 2.62. The average molecular weight is 373 g/mol. The number of hydrogen-bond donors (Lipinski definition) is 0. The van der Waals surface area contributed by atoms with Gasteiger partial charge in [0.15, 0.2) is 11.5 Å². The lowest BCUT2D eigenvalue weighted by Gasteiger charge is -2.16. The Bertz CT molecular complexity index is 799. The Balaban J connectivity index is 2.11. The van der Waals surface area contributed by atoms with Crippen molar-refractivity contribution in [1.82, 2.24) is 0 Å². The molecule has 0 aliphatic carbocycles. The van der Waals surface area contributed by atoms with Crippen molar-refractivity contribution in [3.63, 3.8) is 0 Å². The van der Waals surface area contributed by atoms with Crippen molar-refractivity contribution in [3.05, 3.63) is 60.2 Å². The Hall–Kier alpha value is -2.20. The van der Waals surface area contributed by atoms with Crippen LogP contribution in [0.15, 0.2) is 54.6 Å². The predicted molar refractivity (Wildman–Crippen MR) is 96.2 cm³/mol. The molecular weight excluding hydrogens is 356 g/mol. The van der Waals surface area contributed by atoms with Crippen LogP contribution in [0.4, 0.5) is 0 Å². The van der Waals surface area contributed by atoms with Crippen LogP contribution >= 0.6 is 15.9 Å². The number of fused-ring (bicyclic) bond motifs is 1. The van der Waals surface area contributed by atoms with Crippen LogP contribution in [0.1, 0.15) is 5.56 Å². The van der Waals surface area contributed by atoms with Crippen molar-refractivity contribution in [2.24, 2.45) is 0 Å². The van der Waals surface area contributed by atoms with Gasteiger partial charge < -0.3 is 14.2 Å². The van der Waals surface area contributed by atoms with Crippen molar-refractivity contribution >= 4 is 26.7 Å². The van der Waals surface area contributed by atoms with Crippen LogP contribution in [0.5, 0.6) is 23.0 Å². The van der Waals surface area contributed by atoms with Crippen LogP contribution < -0.4 is 14.2 Å². The molecule has 0 saturated carbocycles. The van der Waals surface area contributed by atoms with Crippen LogP contribution in [0, 0.1) is 0 Å². The number of ether oxygens (including phenoxy) is 3. The second-order valence-corrected chi connectivity index (χ2v) is 5.59. The summed E-state index contributed by atoms with van der Waals surface area (Å²) in [6.45, 7) is 0. The van der Waals surface area contributed by atoms with Crippen LogP contribution in [-0.4, -0.2) is 14.2 Å². The minimum absolute atomic E-state index is 0.640. The van der Waals surface area contributed by atoms with Gasteiger partial charge in [0, 0.05) is 22.3 Å². The zero-order chi connectivity index (χ0) is 16.2. The summed E-state index contributed by atoms with van der Waals surface area (Å²) in [6, 6.07) is 17.9. The Morgan fingerprint density at radius 1 is 0.870 bits per heavy atom. The first-order chi connectivity index (χ1) is 11.3. The molecule has 0 N–H and O–H groups in total. The van der Waals surface area contributed by atoms with E-state index in [9.17, 15) is 0 Å². The summed E-state index contributed by atoms with van der Waals surface area (Å²) in [5, 5.41) is 2.84. The Kier molecular flexibility index (Phi) is 4.72. The maximum atomic E-state index is 6.22. The molecule has 0 unspecified atom stereocenters. The van der Waals surface area contributed by atoms with E-state index in [0.717, 1.165) is 27.8 Å². The zero-order valence-corrected chi connectivity index (χ0v) is 14.6. The Morgan fingerprint density at radius 2 is 1.65 bits per heavy atom. The predicted octanol–water partition coefficient (Wildman–Crippen LogP) is 5.54. The summed E-state index contributed by atoms with van der Waals surface area (Å²) in [7, 11) is 3.26. The molecule has 0 atom stereocenters. The monoisotopic (exact) mass is 372 g/mol. The quantitative estimate of drug-likeness (QED) is 0.550. The van der Waals surface area contributed by atoms with Gasteiger partial charge in [0.05, 0.1) is 14.2 Å². The van der Waals surface area contributed by atoms with Crippen LogP contribution in [0.3, 0.4) is 0 Å². The van der Waals surface area contributed by atoms with E-state index >= 15 is 0 Å². The molecule has 0 aliphatic rings. The Morgan fingerprint density at radius 3 is 2.39 bits per heavy atom. The fourth-order valence-corrected chi connectivity index (χ4v) is 2.93. The summed E-state index contributed by atoms with van der Waals surface area (Å²) < 4.78 is 17.0. The maximum absolute atomic E-state index is 6.22. The van der Waals surface area contributed by atoms with Crippen LogP contribution in [0.25, 0.3) is 10.8 Å². The van der Waals surface area contributed by atoms with Gasteiger partial charge in [0.25, 0.3) is 0 Å². The van der Waals surface area contributed by atoms with E-state index in [1.165, 1.54) is 0 Å². The lowest BCUT2D eigenvalue weighted by molar-refractivity contribution is 0.368. The first kappa shape index (κ1) is 15.7. The molecule has 3 rings (SSSR count). The lowest BCUT2D eigenvalue weighted by atomic mass is 10.1. The molecular formula is C19H17BrO3. The van der Waals surface area contributed by atoms with Gasteiger partial charge in [-0.1, -0.05) is 52.3 Å². The highest BCUT2D eigenvalue weighted by atomic mass is 79.9. The molecule has 0 fully saturated rings. The van der Waals surface area contributed by atoms with Gasteiger partial charge in [0.2, 0.25) is 0 Å². The van der Waals surface area contributed by atoms with Gasteiger partial charge in [0.1, 0.15) is 11.5 Å². The molecule has 0 aliphatic heterocycles. The third-order valence-corrected chi connectivity index (χ3v) is 4.27. The summed E-state index contributed by atoms with van der Waals surface area (Å²) in [5.74, 6) is 2.88. The topological polar surface area (TPSA) is 27.7 Å². The van der Waals surface area contributed by atoms with E-state index in [4.69, 9.17) is 14.2 Å². The highest BCUT2D eigenvalue weighted by Gasteiger charge is 2.15. The molecule has 118 valence electrons. The molecule has 4 heteroatoms. The number of alkyl halides is 1. The summed E-state index contributed by atoms with van der Waals surface area (Å²) in [6.07, 6.45) is 0. The zero-order valence-electron chi connectivity index (χ0n) is 13.0. The molecule has 0 heterocycles. The minimum atomic E-state index is 0.640. The van der Waals surface area contributed by atoms with Gasteiger partial charge in [-0.2, -0.15) is 0 Å². The number of halogens is 1. The molecule has 0 amide bonds. The molecule has 3 nitrogen and oxygen atoms in total. The fourth-order valence-electron chi connectivity index (χ4n) is 2.51. The fraction of sp³-hybridized carbons (Fsp3) is 0.158. The van der Waals surface area contributed by atoms with Gasteiger partial charge in [-0.05, 0) is 17.5 Å². The summed E-state index contributed by atoms with van der Waals surface area (Å²) in [5.41, 5.74) is 0.967. The minimum Gasteiger partial charge on any atom is -0.497 e. The largest absolute Gasteiger partial charge is 0.497 e. The molecule has 23 heavy (non-hydrogen) atoms. The summed E-state index contributed by atoms with van der Waals surface area (Å²) in [4.78, 5) is 0. The highest BCUT2D eigenvalue weighted by molar-refractivity contribution is 9.08. The van der Waals surface area contributed by atoms with E-state index in [-0.39, 0.29) is 0 Å². The SMILES string of the molecule is COc1cc(CBr)c(Oc2cccc3ccccc23)c(OC)c1. The summed E-state index contributed by atoms with van der Waals surface area (Å²) >= 11 is 3.51. The second kappa shape index (κ2) is 6.92. The van der Waals surface area contributed by atoms with Gasteiger partial charge in [-0.25, -0.2) is 0 Å². The van der Waals surface area contributed by atoms with Crippen molar-refractivity contribution in [2.75, 3.05) is 14.2 Å². The standard InChI is InChI=1S/C19H17BrO3/c1-21-15-10-14(12-20)19(18(11-15)22-2)23-17-9-5-7-13-6-3-4-8-16(13)17/h3-11H,12H2,1-2H3. The van der Waals surface area contributed by atoms with Crippen molar-refractivity contribution in [2.45, 2.75) is 5.33 Å². The molecule has 3 aromatic carbocycles. The second-order valence-electron chi connectivity index (χ2n) is 5.03. The Labute approximate surface area is 143 Å². The molecule has 0 spiro atoms. The van der Waals surface area contributed by atoms with Gasteiger partial charge >= 0.3 is 0 Å². The highest BCUT2D eigenvalue weighted by Crippen LogP contribution is 2.41. The maximum Gasteiger partial charge on any atom is 0.173 e. The van der Waals surface area contributed by atoms with Crippen LogP contribution in [-0.2, 0) is 5.33 Å². The number of methoxy groups -OCH3 is 2. The molecule has 0 saturated heterocycles. The third-order valence-electron chi connectivity index (χ3n) is 3.67. The normalized spacial score (nSPS) is 10.6. The van der Waals surface area contributed by atoms with Crippen molar-refractivity contribution in [1.29, 1.82) is 0 Å². The van der Waals surface area contributed by atoms with Crippen LogP contribution in [0.2, 0.25) is 0 Å². The molecule has 3 aromatic rings. The van der Waals surface area contributed by atoms with Crippen molar-refractivity contribution in [3.8, 4) is 23.0 Å². The number of rotatable bonds is 5. The number of hydrogen-bond acceptors (Lipinski definition) is 3.